The Morgan fingerprint density at radius 3 is 2.72 bits per heavy atom. The number of aromatic amines is 1. The van der Waals surface area contributed by atoms with Crippen LogP contribution in [0.1, 0.15) is 10.5 Å². The van der Waals surface area contributed by atoms with Gasteiger partial charge in [-0.25, -0.2) is 0 Å². The van der Waals surface area contributed by atoms with Crippen molar-refractivity contribution in [3.63, 3.8) is 0 Å². The molecule has 134 valence electrons. The zero-order chi connectivity index (χ0) is 18.1. The van der Waals surface area contributed by atoms with Gasteiger partial charge in [-0.2, -0.15) is 0 Å². The molecule has 0 radical (unpaired) electrons. The van der Waals surface area contributed by atoms with E-state index in [1.54, 1.807) is 31.0 Å². The summed E-state index contributed by atoms with van der Waals surface area (Å²) in [7, 11) is 7.00. The summed E-state index contributed by atoms with van der Waals surface area (Å²) >= 11 is 0. The minimum Gasteiger partial charge on any atom is -0.496 e. The maximum absolute atomic E-state index is 12.9. The molecule has 0 bridgehead atoms. The van der Waals surface area contributed by atoms with Gasteiger partial charge in [0.2, 0.25) is 5.91 Å². The Bertz CT molecular complexity index is 799. The fourth-order valence-electron chi connectivity index (χ4n) is 3.21. The van der Waals surface area contributed by atoms with E-state index in [9.17, 15) is 9.59 Å². The van der Waals surface area contributed by atoms with Crippen molar-refractivity contribution in [1.29, 1.82) is 0 Å². The van der Waals surface area contributed by atoms with E-state index in [-0.39, 0.29) is 17.9 Å². The van der Waals surface area contributed by atoms with Crippen LogP contribution >= 0.6 is 0 Å². The lowest BCUT2D eigenvalue weighted by Gasteiger charge is -2.39. The number of carbonyl (C=O) groups excluding carboxylic acids is 2. The third-order valence-corrected chi connectivity index (χ3v) is 4.74. The molecule has 2 heterocycles. The van der Waals surface area contributed by atoms with Crippen LogP contribution in [0.4, 0.5) is 0 Å². The number of amides is 2. The molecule has 7 nitrogen and oxygen atoms in total. The first-order valence-electron chi connectivity index (χ1n) is 8.28. The molecule has 0 spiro atoms. The molecule has 1 unspecified atom stereocenters. The van der Waals surface area contributed by atoms with Crippen LogP contribution in [0.2, 0.25) is 0 Å². The first-order valence-corrected chi connectivity index (χ1v) is 8.28. The van der Waals surface area contributed by atoms with Crippen molar-refractivity contribution < 1.29 is 14.3 Å². The predicted octanol–water partition coefficient (Wildman–Crippen LogP) is 1.02. The maximum Gasteiger partial charge on any atom is 0.270 e. The molecule has 1 aliphatic heterocycles. The highest BCUT2D eigenvalue weighted by atomic mass is 16.5. The van der Waals surface area contributed by atoms with Gasteiger partial charge in [-0.1, -0.05) is 6.07 Å². The van der Waals surface area contributed by atoms with E-state index in [0.717, 1.165) is 16.7 Å². The summed E-state index contributed by atoms with van der Waals surface area (Å²) in [5.41, 5.74) is 1.37. The van der Waals surface area contributed by atoms with Crippen LogP contribution in [-0.4, -0.2) is 85.4 Å². The number of benzene rings is 1. The second-order valence-electron chi connectivity index (χ2n) is 6.58. The number of nitrogens with zero attached hydrogens (tertiary/aromatic N) is 3. The van der Waals surface area contributed by atoms with Crippen molar-refractivity contribution >= 4 is 22.7 Å². The Labute approximate surface area is 147 Å². The van der Waals surface area contributed by atoms with Crippen LogP contribution in [0.5, 0.6) is 5.75 Å². The third-order valence-electron chi connectivity index (χ3n) is 4.74. The quantitative estimate of drug-likeness (QED) is 0.903. The lowest BCUT2D eigenvalue weighted by molar-refractivity contribution is -0.135. The van der Waals surface area contributed by atoms with E-state index in [1.807, 2.05) is 36.2 Å². The minimum atomic E-state index is -0.313. The highest BCUT2D eigenvalue weighted by Crippen LogP contribution is 2.26. The number of fused-ring (bicyclic) bond motifs is 1. The van der Waals surface area contributed by atoms with Crippen LogP contribution in [0, 0.1) is 0 Å². The molecule has 2 aromatic rings. The molecular weight excluding hydrogens is 320 g/mol. The number of H-pyrrole nitrogens is 1. The van der Waals surface area contributed by atoms with Gasteiger partial charge in [0.05, 0.1) is 7.11 Å². The highest BCUT2D eigenvalue weighted by Gasteiger charge is 2.33. The van der Waals surface area contributed by atoms with Crippen LogP contribution < -0.4 is 4.74 Å². The fourth-order valence-corrected chi connectivity index (χ4v) is 3.21. The molecule has 1 fully saturated rings. The summed E-state index contributed by atoms with van der Waals surface area (Å²) in [5.74, 6) is 0.646. The van der Waals surface area contributed by atoms with E-state index in [4.69, 9.17) is 4.74 Å². The molecule has 25 heavy (non-hydrogen) atoms. The summed E-state index contributed by atoms with van der Waals surface area (Å²) in [6.45, 7) is 1.65. The molecule has 3 rings (SSSR count). The maximum atomic E-state index is 12.9. The van der Waals surface area contributed by atoms with E-state index in [0.29, 0.717) is 25.3 Å². The van der Waals surface area contributed by atoms with Crippen molar-refractivity contribution in [3.8, 4) is 5.75 Å². The summed E-state index contributed by atoms with van der Waals surface area (Å²) in [5, 5.41) is 0.878. The van der Waals surface area contributed by atoms with Crippen LogP contribution in [0.15, 0.2) is 24.3 Å². The van der Waals surface area contributed by atoms with Gasteiger partial charge in [0.1, 0.15) is 17.5 Å². The molecule has 1 N–H and O–H groups in total. The molecular formula is C18H24N4O3. The van der Waals surface area contributed by atoms with Gasteiger partial charge in [-0.05, 0) is 25.2 Å². The zero-order valence-corrected chi connectivity index (χ0v) is 15.1. The molecule has 1 aromatic heterocycles. The van der Waals surface area contributed by atoms with E-state index in [2.05, 4.69) is 4.98 Å². The Morgan fingerprint density at radius 1 is 1.28 bits per heavy atom. The minimum absolute atomic E-state index is 0.0123. The smallest absolute Gasteiger partial charge is 0.270 e. The standard InChI is InChI=1S/C18H24N4O3/c1-20(2)18(24)15-11-22(9-8-21(15)3)17(23)14-10-12-13(19-14)6-5-7-16(12)25-4/h5-7,10,15,19H,8-9,11H2,1-4H3. The summed E-state index contributed by atoms with van der Waals surface area (Å²) < 4.78 is 5.35. The summed E-state index contributed by atoms with van der Waals surface area (Å²) in [4.78, 5) is 33.8. The number of piperazine rings is 1. The van der Waals surface area contributed by atoms with Crippen molar-refractivity contribution in [3.05, 3.63) is 30.0 Å². The Morgan fingerprint density at radius 2 is 2.04 bits per heavy atom. The number of hydrogen-bond acceptors (Lipinski definition) is 4. The monoisotopic (exact) mass is 344 g/mol. The van der Waals surface area contributed by atoms with E-state index >= 15 is 0 Å². The second-order valence-corrected chi connectivity index (χ2v) is 6.58. The molecule has 1 aromatic carbocycles. The van der Waals surface area contributed by atoms with Gasteiger partial charge in [0.15, 0.2) is 0 Å². The molecule has 0 aliphatic carbocycles. The molecule has 7 heteroatoms. The van der Waals surface area contributed by atoms with Crippen LogP contribution in [0.3, 0.4) is 0 Å². The number of carbonyl (C=O) groups is 2. The van der Waals surface area contributed by atoms with Gasteiger partial charge in [0.25, 0.3) is 5.91 Å². The molecule has 1 saturated heterocycles. The van der Waals surface area contributed by atoms with Crippen molar-refractivity contribution in [1.82, 2.24) is 19.7 Å². The van der Waals surface area contributed by atoms with Gasteiger partial charge >= 0.3 is 0 Å². The van der Waals surface area contributed by atoms with Crippen LogP contribution in [-0.2, 0) is 4.79 Å². The molecule has 1 aliphatic rings. The number of aromatic nitrogens is 1. The molecule has 0 saturated carbocycles. The second kappa shape index (κ2) is 6.76. The van der Waals surface area contributed by atoms with Gasteiger partial charge in [0, 0.05) is 44.6 Å². The summed E-state index contributed by atoms with van der Waals surface area (Å²) in [6.07, 6.45) is 0. The third kappa shape index (κ3) is 3.19. The number of rotatable bonds is 3. The SMILES string of the molecule is COc1cccc2[nH]c(C(=O)N3CCN(C)C(C(=O)N(C)C)C3)cc12. The molecule has 1 atom stereocenters. The number of likely N-dealkylation sites (N-methyl/N-ethyl adjacent to an activating group) is 2. The average Bonchev–Trinajstić information content (AvgIpc) is 3.05. The van der Waals surface area contributed by atoms with E-state index in [1.165, 1.54) is 0 Å². The molecule has 2 amide bonds. The van der Waals surface area contributed by atoms with E-state index < -0.39 is 0 Å². The Balaban J connectivity index is 1.84. The fraction of sp³-hybridized carbons (Fsp3) is 0.444. The Kier molecular flexibility index (Phi) is 4.67. The largest absolute Gasteiger partial charge is 0.496 e. The lowest BCUT2D eigenvalue weighted by Crippen LogP contribution is -2.58. The normalized spacial score (nSPS) is 18.4. The number of nitrogens with one attached hydrogen (secondary N) is 1. The highest BCUT2D eigenvalue weighted by molar-refractivity contribution is 6.00. The Hall–Kier alpha value is -2.54. The first-order chi connectivity index (χ1) is 11.9. The van der Waals surface area contributed by atoms with Crippen molar-refractivity contribution in [2.75, 3.05) is 47.9 Å². The van der Waals surface area contributed by atoms with Crippen molar-refractivity contribution in [2.45, 2.75) is 6.04 Å². The topological polar surface area (TPSA) is 68.9 Å². The van der Waals surface area contributed by atoms with Gasteiger partial charge in [-0.3, -0.25) is 14.5 Å². The zero-order valence-electron chi connectivity index (χ0n) is 15.1. The average molecular weight is 344 g/mol. The predicted molar refractivity (Wildman–Crippen MR) is 95.9 cm³/mol. The lowest BCUT2D eigenvalue weighted by atomic mass is 10.1. The number of methoxy groups -OCH3 is 1. The number of ether oxygens (including phenoxy) is 1. The number of hydrogen-bond donors (Lipinski definition) is 1. The summed E-state index contributed by atoms with van der Waals surface area (Å²) in [6, 6.07) is 7.17. The van der Waals surface area contributed by atoms with Gasteiger partial charge in [-0.15, -0.1) is 0 Å². The van der Waals surface area contributed by atoms with Crippen LogP contribution in [0.25, 0.3) is 10.9 Å². The van der Waals surface area contributed by atoms with Crippen molar-refractivity contribution in [2.24, 2.45) is 0 Å². The first kappa shape index (κ1) is 17.3. The van der Waals surface area contributed by atoms with Gasteiger partial charge < -0.3 is 19.5 Å².